The Morgan fingerprint density at radius 1 is 0.870 bits per heavy atom. The first kappa shape index (κ1) is 20.2. The van der Waals surface area contributed by atoms with Gasteiger partial charge in [0.15, 0.2) is 0 Å². The smallest absolute Gasteiger partial charge is 0.472 e. The first-order valence-electron chi connectivity index (χ1n) is 8.44. The lowest BCUT2D eigenvalue weighted by molar-refractivity contribution is 0.127. The Kier molecular flexibility index (Phi) is 11.0. The first-order chi connectivity index (χ1) is 11.1. The second-order valence-corrected chi connectivity index (χ2v) is 6.87. The Hall–Kier alpha value is -0.870. The van der Waals surface area contributed by atoms with Crippen LogP contribution in [0.15, 0.2) is 30.3 Å². The Labute approximate surface area is 139 Å². The van der Waals surface area contributed by atoms with E-state index in [1.165, 1.54) is 25.7 Å². The number of rotatable bonds is 14. The number of unbranched alkanes of at least 4 members (excludes halogenated alkanes) is 6. The second-order valence-electron chi connectivity index (χ2n) is 5.42. The molecule has 0 radical (unpaired) electrons. The van der Waals surface area contributed by atoms with Crippen molar-refractivity contribution >= 4 is 7.82 Å². The van der Waals surface area contributed by atoms with E-state index in [9.17, 15) is 9.46 Å². The summed E-state index contributed by atoms with van der Waals surface area (Å²) in [6, 6.07) is 9.24. The molecule has 1 rings (SSSR count). The van der Waals surface area contributed by atoms with Gasteiger partial charge in [-0.15, -0.1) is 0 Å². The molecule has 0 aromatic heterocycles. The van der Waals surface area contributed by atoms with Crippen molar-refractivity contribution in [1.29, 1.82) is 0 Å². The zero-order valence-electron chi connectivity index (χ0n) is 14.0. The fourth-order valence-corrected chi connectivity index (χ4v) is 2.84. The Balaban J connectivity index is 1.99. The van der Waals surface area contributed by atoms with Crippen molar-refractivity contribution in [3.63, 3.8) is 0 Å². The number of para-hydroxylation sites is 1. The molecule has 0 saturated heterocycles. The third kappa shape index (κ3) is 11.3. The number of ether oxygens (including phenoxy) is 1. The van der Waals surface area contributed by atoms with E-state index in [1.807, 2.05) is 30.3 Å². The van der Waals surface area contributed by atoms with Crippen LogP contribution in [0.4, 0.5) is 0 Å². The van der Waals surface area contributed by atoms with E-state index in [0.717, 1.165) is 19.3 Å². The molecule has 1 aromatic carbocycles. The van der Waals surface area contributed by atoms with Crippen LogP contribution in [0.5, 0.6) is 5.75 Å². The SMILES string of the molecule is CCCCCCCCCOP(=O)(O)OCCOc1ccccc1. The van der Waals surface area contributed by atoms with Gasteiger partial charge < -0.3 is 9.63 Å². The molecule has 0 saturated carbocycles. The monoisotopic (exact) mass is 344 g/mol. The molecule has 1 aromatic rings. The molecule has 1 N–H and O–H groups in total. The summed E-state index contributed by atoms with van der Waals surface area (Å²) in [4.78, 5) is 9.54. The highest BCUT2D eigenvalue weighted by molar-refractivity contribution is 7.47. The minimum absolute atomic E-state index is 0.0136. The standard InChI is InChI=1S/C17H29O5P/c1-2-3-4-5-6-7-11-14-21-23(18,19)22-16-15-20-17-12-9-8-10-13-17/h8-10,12-13H,2-7,11,14-16H2,1H3,(H,18,19). The zero-order chi connectivity index (χ0) is 16.8. The topological polar surface area (TPSA) is 65.0 Å². The maximum atomic E-state index is 11.7. The highest BCUT2D eigenvalue weighted by Gasteiger charge is 2.20. The number of hydrogen-bond acceptors (Lipinski definition) is 4. The van der Waals surface area contributed by atoms with Gasteiger partial charge in [0.05, 0.1) is 13.2 Å². The van der Waals surface area contributed by atoms with Gasteiger partial charge in [-0.2, -0.15) is 0 Å². The van der Waals surface area contributed by atoms with Crippen molar-refractivity contribution in [3.8, 4) is 5.75 Å². The lowest BCUT2D eigenvalue weighted by atomic mass is 10.1. The number of benzene rings is 1. The molecule has 1 unspecified atom stereocenters. The minimum atomic E-state index is -3.96. The first-order valence-corrected chi connectivity index (χ1v) is 9.93. The van der Waals surface area contributed by atoms with Crippen LogP contribution in [-0.2, 0) is 13.6 Å². The van der Waals surface area contributed by atoms with Gasteiger partial charge >= 0.3 is 7.82 Å². The maximum absolute atomic E-state index is 11.7. The molecule has 0 spiro atoms. The van der Waals surface area contributed by atoms with Gasteiger partial charge in [0, 0.05) is 0 Å². The van der Waals surface area contributed by atoms with Crippen LogP contribution in [0.3, 0.4) is 0 Å². The van der Waals surface area contributed by atoms with Crippen LogP contribution in [-0.4, -0.2) is 24.7 Å². The van der Waals surface area contributed by atoms with E-state index in [4.69, 9.17) is 13.8 Å². The summed E-state index contributed by atoms with van der Waals surface area (Å²) in [6.45, 7) is 2.66. The highest BCUT2D eigenvalue weighted by atomic mass is 31.2. The fraction of sp³-hybridized carbons (Fsp3) is 0.647. The van der Waals surface area contributed by atoms with Crippen molar-refractivity contribution in [2.24, 2.45) is 0 Å². The summed E-state index contributed by atoms with van der Waals surface area (Å²) < 4.78 is 26.9. The van der Waals surface area contributed by atoms with Crippen molar-refractivity contribution in [2.45, 2.75) is 51.9 Å². The van der Waals surface area contributed by atoms with E-state index >= 15 is 0 Å². The quantitative estimate of drug-likeness (QED) is 0.382. The Morgan fingerprint density at radius 2 is 1.48 bits per heavy atom. The summed E-state index contributed by atoms with van der Waals surface area (Å²) in [5.74, 6) is 0.702. The van der Waals surface area contributed by atoms with E-state index in [0.29, 0.717) is 5.75 Å². The molecule has 0 heterocycles. The van der Waals surface area contributed by atoms with Gasteiger partial charge in [0.2, 0.25) is 0 Å². The molecule has 1 atom stereocenters. The molecule has 0 aliphatic heterocycles. The van der Waals surface area contributed by atoms with Crippen LogP contribution >= 0.6 is 7.82 Å². The van der Waals surface area contributed by atoms with E-state index in [-0.39, 0.29) is 19.8 Å². The summed E-state index contributed by atoms with van der Waals surface area (Å²) in [5, 5.41) is 0. The van der Waals surface area contributed by atoms with E-state index < -0.39 is 7.82 Å². The predicted molar refractivity (Wildman–Crippen MR) is 91.7 cm³/mol. The zero-order valence-corrected chi connectivity index (χ0v) is 14.9. The lowest BCUT2D eigenvalue weighted by Gasteiger charge is -2.12. The molecule has 5 nitrogen and oxygen atoms in total. The number of phosphoric acid groups is 1. The third-order valence-corrected chi connectivity index (χ3v) is 4.37. The molecule has 0 fully saturated rings. The Morgan fingerprint density at radius 3 is 2.17 bits per heavy atom. The molecule has 6 heteroatoms. The molecule has 0 aliphatic carbocycles. The van der Waals surface area contributed by atoms with Crippen LogP contribution < -0.4 is 4.74 Å². The summed E-state index contributed by atoms with van der Waals surface area (Å²) >= 11 is 0. The molecule has 23 heavy (non-hydrogen) atoms. The van der Waals surface area contributed by atoms with Crippen molar-refractivity contribution in [1.82, 2.24) is 0 Å². The van der Waals surface area contributed by atoms with Crippen LogP contribution in [0, 0.1) is 0 Å². The van der Waals surface area contributed by atoms with Gasteiger partial charge in [-0.25, -0.2) is 4.57 Å². The molecule has 0 aliphatic rings. The van der Waals surface area contributed by atoms with Crippen molar-refractivity contribution < 1.29 is 23.2 Å². The predicted octanol–water partition coefficient (Wildman–Crippen LogP) is 4.95. The highest BCUT2D eigenvalue weighted by Crippen LogP contribution is 2.43. The average molecular weight is 344 g/mol. The largest absolute Gasteiger partial charge is 0.491 e. The normalized spacial score (nSPS) is 13.7. The minimum Gasteiger partial charge on any atom is -0.491 e. The third-order valence-electron chi connectivity index (χ3n) is 3.35. The number of phosphoric ester groups is 1. The Bertz CT molecular complexity index is 438. The summed E-state index contributed by atoms with van der Waals surface area (Å²) in [6.07, 6.45) is 7.94. The second kappa shape index (κ2) is 12.5. The number of hydrogen-bond donors (Lipinski definition) is 1. The average Bonchev–Trinajstić information content (AvgIpc) is 2.55. The van der Waals surface area contributed by atoms with Crippen molar-refractivity contribution in [3.05, 3.63) is 30.3 Å². The molecular formula is C17H29O5P. The van der Waals surface area contributed by atoms with Gasteiger partial charge in [-0.3, -0.25) is 9.05 Å². The molecular weight excluding hydrogens is 315 g/mol. The summed E-state index contributed by atoms with van der Waals surface area (Å²) in [5.41, 5.74) is 0. The van der Waals surface area contributed by atoms with Crippen LogP contribution in [0.2, 0.25) is 0 Å². The lowest BCUT2D eigenvalue weighted by Crippen LogP contribution is -2.07. The molecule has 0 amide bonds. The van der Waals surface area contributed by atoms with Gasteiger partial charge in [-0.05, 0) is 18.6 Å². The van der Waals surface area contributed by atoms with Gasteiger partial charge in [0.1, 0.15) is 12.4 Å². The molecule has 0 bridgehead atoms. The van der Waals surface area contributed by atoms with E-state index in [1.54, 1.807) is 0 Å². The maximum Gasteiger partial charge on any atom is 0.472 e. The fourth-order valence-electron chi connectivity index (χ4n) is 2.11. The van der Waals surface area contributed by atoms with Crippen LogP contribution in [0.25, 0.3) is 0 Å². The van der Waals surface area contributed by atoms with Gasteiger partial charge in [0.25, 0.3) is 0 Å². The van der Waals surface area contributed by atoms with E-state index in [2.05, 4.69) is 6.92 Å². The van der Waals surface area contributed by atoms with Gasteiger partial charge in [-0.1, -0.05) is 63.6 Å². The molecule has 132 valence electrons. The van der Waals surface area contributed by atoms with Crippen LogP contribution in [0.1, 0.15) is 51.9 Å². The summed E-state index contributed by atoms with van der Waals surface area (Å²) in [7, 11) is -3.96. The van der Waals surface area contributed by atoms with Crippen molar-refractivity contribution in [2.75, 3.05) is 19.8 Å².